The van der Waals surface area contributed by atoms with Gasteiger partial charge in [-0.15, -0.1) is 0 Å². The summed E-state index contributed by atoms with van der Waals surface area (Å²) in [5.74, 6) is -0.451. The van der Waals surface area contributed by atoms with Gasteiger partial charge in [-0.25, -0.2) is 8.42 Å². The van der Waals surface area contributed by atoms with Crippen molar-refractivity contribution < 1.29 is 18.0 Å². The van der Waals surface area contributed by atoms with Crippen molar-refractivity contribution in [3.8, 4) is 0 Å². The summed E-state index contributed by atoms with van der Waals surface area (Å²) in [4.78, 5) is 26.2. The highest BCUT2D eigenvalue weighted by Crippen LogP contribution is 2.28. The third kappa shape index (κ3) is 4.56. The van der Waals surface area contributed by atoms with Crippen molar-refractivity contribution in [2.75, 3.05) is 31.9 Å². The quantitative estimate of drug-likeness (QED) is 0.749. The highest BCUT2D eigenvalue weighted by atomic mass is 32.2. The molecule has 2 heterocycles. The summed E-state index contributed by atoms with van der Waals surface area (Å²) < 4.78 is 25.6. The number of benzene rings is 1. The van der Waals surface area contributed by atoms with E-state index in [2.05, 4.69) is 11.9 Å². The number of sulfonamides is 1. The Balaban J connectivity index is 1.73. The van der Waals surface area contributed by atoms with Crippen molar-refractivity contribution in [3.05, 3.63) is 48.6 Å². The van der Waals surface area contributed by atoms with Gasteiger partial charge in [0.1, 0.15) is 0 Å². The van der Waals surface area contributed by atoms with Crippen LogP contribution in [0.25, 0.3) is 0 Å². The number of hydrogen-bond donors (Lipinski definition) is 1. The molecule has 2 aliphatic rings. The SMILES string of the molecule is C=CC(=O)N[C@@H]1CN(C(=O)CN2CCCCS2(=O)=O)C[C@H]1c1ccccc1. The summed E-state index contributed by atoms with van der Waals surface area (Å²) >= 11 is 0. The van der Waals surface area contributed by atoms with E-state index in [1.165, 1.54) is 10.4 Å². The molecule has 8 heteroatoms. The topological polar surface area (TPSA) is 86.8 Å². The monoisotopic (exact) mass is 391 g/mol. The molecule has 3 rings (SSSR count). The first-order valence-corrected chi connectivity index (χ1v) is 10.7. The Hall–Kier alpha value is -2.19. The molecule has 1 aromatic rings. The standard InChI is InChI=1S/C19H25N3O4S/c1-2-18(23)20-17-13-21(12-16(17)15-8-4-3-5-9-15)19(24)14-22-10-6-7-11-27(22,25)26/h2-5,8-9,16-17H,1,6-7,10-14H2,(H,20,23)/t16-,17+/m0/s1. The Kier molecular flexibility index (Phi) is 5.96. The van der Waals surface area contributed by atoms with Crippen molar-refractivity contribution in [3.63, 3.8) is 0 Å². The van der Waals surface area contributed by atoms with Gasteiger partial charge in [-0.2, -0.15) is 4.31 Å². The molecule has 0 aliphatic carbocycles. The lowest BCUT2D eigenvalue weighted by Gasteiger charge is -2.27. The summed E-state index contributed by atoms with van der Waals surface area (Å²) in [7, 11) is -3.35. The number of nitrogens with zero attached hydrogens (tertiary/aromatic N) is 2. The van der Waals surface area contributed by atoms with E-state index in [9.17, 15) is 18.0 Å². The molecular weight excluding hydrogens is 366 g/mol. The molecule has 2 fully saturated rings. The van der Waals surface area contributed by atoms with E-state index in [-0.39, 0.29) is 36.1 Å². The molecule has 7 nitrogen and oxygen atoms in total. The van der Waals surface area contributed by atoms with E-state index in [0.29, 0.717) is 26.1 Å². The van der Waals surface area contributed by atoms with Crippen molar-refractivity contribution in [1.29, 1.82) is 0 Å². The van der Waals surface area contributed by atoms with Crippen LogP contribution in [0.5, 0.6) is 0 Å². The molecule has 2 saturated heterocycles. The molecular formula is C19H25N3O4S. The molecule has 2 atom stereocenters. The van der Waals surface area contributed by atoms with Crippen LogP contribution in [0.15, 0.2) is 43.0 Å². The minimum absolute atomic E-state index is 0.0444. The second-order valence-corrected chi connectivity index (χ2v) is 9.08. The molecule has 0 bridgehead atoms. The number of carbonyl (C=O) groups is 2. The van der Waals surface area contributed by atoms with Crippen molar-refractivity contribution in [2.45, 2.75) is 24.8 Å². The smallest absolute Gasteiger partial charge is 0.243 e. The van der Waals surface area contributed by atoms with E-state index >= 15 is 0 Å². The van der Waals surface area contributed by atoms with Crippen molar-refractivity contribution in [2.24, 2.45) is 0 Å². The van der Waals surface area contributed by atoms with Crippen LogP contribution < -0.4 is 5.32 Å². The first-order valence-electron chi connectivity index (χ1n) is 9.14. The van der Waals surface area contributed by atoms with Gasteiger partial charge in [0.05, 0.1) is 18.3 Å². The fourth-order valence-electron chi connectivity index (χ4n) is 3.70. The zero-order valence-corrected chi connectivity index (χ0v) is 16.0. The van der Waals surface area contributed by atoms with Crippen LogP contribution >= 0.6 is 0 Å². The highest BCUT2D eigenvalue weighted by Gasteiger charge is 2.38. The van der Waals surface area contributed by atoms with E-state index in [1.54, 1.807) is 4.90 Å². The zero-order valence-electron chi connectivity index (χ0n) is 15.2. The molecule has 27 heavy (non-hydrogen) atoms. The molecule has 0 unspecified atom stereocenters. The van der Waals surface area contributed by atoms with E-state index < -0.39 is 10.0 Å². The van der Waals surface area contributed by atoms with Gasteiger partial charge in [0, 0.05) is 25.6 Å². The Morgan fingerprint density at radius 3 is 2.59 bits per heavy atom. The molecule has 1 aromatic carbocycles. The van der Waals surface area contributed by atoms with Crippen LogP contribution in [0.2, 0.25) is 0 Å². The van der Waals surface area contributed by atoms with E-state index in [0.717, 1.165) is 12.0 Å². The Labute approximate surface area is 160 Å². The first kappa shape index (κ1) is 19.6. The van der Waals surface area contributed by atoms with Gasteiger partial charge in [-0.05, 0) is 24.5 Å². The lowest BCUT2D eigenvalue weighted by molar-refractivity contribution is -0.130. The normalized spacial score (nSPS) is 25.1. The summed E-state index contributed by atoms with van der Waals surface area (Å²) in [6.45, 7) is 4.53. The highest BCUT2D eigenvalue weighted by molar-refractivity contribution is 7.89. The molecule has 146 valence electrons. The maximum atomic E-state index is 12.8. The average Bonchev–Trinajstić information content (AvgIpc) is 3.08. The molecule has 0 aromatic heterocycles. The first-order chi connectivity index (χ1) is 12.9. The molecule has 0 saturated carbocycles. The number of likely N-dealkylation sites (tertiary alicyclic amines) is 1. The van der Waals surface area contributed by atoms with Crippen LogP contribution in [0.3, 0.4) is 0 Å². The third-order valence-corrected chi connectivity index (χ3v) is 7.08. The van der Waals surface area contributed by atoms with Crippen LogP contribution in [0.4, 0.5) is 0 Å². The summed E-state index contributed by atoms with van der Waals surface area (Å²) in [5.41, 5.74) is 1.03. The van der Waals surface area contributed by atoms with Gasteiger partial charge in [0.25, 0.3) is 0 Å². The molecule has 1 N–H and O–H groups in total. The van der Waals surface area contributed by atoms with E-state index in [4.69, 9.17) is 0 Å². The Morgan fingerprint density at radius 2 is 1.93 bits per heavy atom. The number of hydrogen-bond acceptors (Lipinski definition) is 4. The van der Waals surface area contributed by atoms with Gasteiger partial charge in [-0.3, -0.25) is 9.59 Å². The average molecular weight is 391 g/mol. The fourth-order valence-corrected chi connectivity index (χ4v) is 5.24. The summed E-state index contributed by atoms with van der Waals surface area (Å²) in [6, 6.07) is 9.47. The van der Waals surface area contributed by atoms with Crippen LogP contribution in [0.1, 0.15) is 24.3 Å². The van der Waals surface area contributed by atoms with Gasteiger partial charge >= 0.3 is 0 Å². The molecule has 0 spiro atoms. The lowest BCUT2D eigenvalue weighted by Crippen LogP contribution is -2.46. The number of rotatable bonds is 5. The number of amides is 2. The zero-order chi connectivity index (χ0) is 19.4. The molecule has 0 radical (unpaired) electrons. The minimum atomic E-state index is -3.35. The van der Waals surface area contributed by atoms with Crippen molar-refractivity contribution >= 4 is 21.8 Å². The lowest BCUT2D eigenvalue weighted by atomic mass is 9.94. The Bertz CT molecular complexity index is 810. The molecule has 2 aliphatic heterocycles. The van der Waals surface area contributed by atoms with Gasteiger partial charge < -0.3 is 10.2 Å². The maximum absolute atomic E-state index is 12.8. The summed E-state index contributed by atoms with van der Waals surface area (Å²) in [6.07, 6.45) is 2.63. The van der Waals surface area contributed by atoms with Gasteiger partial charge in [-0.1, -0.05) is 36.9 Å². The van der Waals surface area contributed by atoms with Crippen molar-refractivity contribution in [1.82, 2.24) is 14.5 Å². The molecule has 2 amide bonds. The number of carbonyl (C=O) groups excluding carboxylic acids is 2. The van der Waals surface area contributed by atoms with Gasteiger partial charge in [0.15, 0.2) is 0 Å². The fraction of sp³-hybridized carbons (Fsp3) is 0.474. The predicted molar refractivity (Wildman–Crippen MR) is 102 cm³/mol. The van der Waals surface area contributed by atoms with Crippen LogP contribution in [-0.4, -0.2) is 67.4 Å². The van der Waals surface area contributed by atoms with Crippen LogP contribution in [0, 0.1) is 0 Å². The minimum Gasteiger partial charge on any atom is -0.347 e. The summed E-state index contributed by atoms with van der Waals surface area (Å²) in [5, 5.41) is 2.90. The van der Waals surface area contributed by atoms with Crippen LogP contribution in [-0.2, 0) is 19.6 Å². The Morgan fingerprint density at radius 1 is 1.19 bits per heavy atom. The van der Waals surface area contributed by atoms with E-state index in [1.807, 2.05) is 30.3 Å². The third-order valence-electron chi connectivity index (χ3n) is 5.18. The second-order valence-electron chi connectivity index (χ2n) is 6.99. The second kappa shape index (κ2) is 8.22. The maximum Gasteiger partial charge on any atom is 0.243 e. The predicted octanol–water partition coefficient (Wildman–Crippen LogP) is 0.709. The largest absolute Gasteiger partial charge is 0.347 e. The van der Waals surface area contributed by atoms with Gasteiger partial charge in [0.2, 0.25) is 21.8 Å². The number of nitrogens with one attached hydrogen (secondary N) is 1.